The molecule has 0 aliphatic carbocycles. The van der Waals surface area contributed by atoms with Crippen LogP contribution >= 0.6 is 11.8 Å². The molecule has 1 N–H and O–H groups in total. The van der Waals surface area contributed by atoms with Gasteiger partial charge in [-0.05, 0) is 48.9 Å². The highest BCUT2D eigenvalue weighted by Crippen LogP contribution is 2.36. The van der Waals surface area contributed by atoms with Gasteiger partial charge in [0, 0.05) is 5.39 Å². The topological polar surface area (TPSA) is 25.2 Å². The first-order chi connectivity index (χ1) is 9.29. The predicted molar refractivity (Wildman–Crippen MR) is 82.8 cm³/mol. The lowest BCUT2D eigenvalue weighted by Gasteiger charge is -2.21. The molecule has 1 aliphatic heterocycles. The highest BCUT2D eigenvalue weighted by atomic mass is 32.2. The number of hydrogen-bond acceptors (Lipinski definition) is 3. The number of rotatable bonds is 4. The van der Waals surface area contributed by atoms with Crippen molar-refractivity contribution in [2.45, 2.75) is 26.3 Å². The monoisotopic (exact) mass is 275 g/mol. The Hall–Kier alpha value is -0.930. The van der Waals surface area contributed by atoms with Crippen molar-refractivity contribution >= 4 is 22.7 Å². The van der Waals surface area contributed by atoms with Gasteiger partial charge in [0.05, 0.1) is 6.04 Å². The largest absolute Gasteiger partial charge is 0.459 e. The molecule has 19 heavy (non-hydrogen) atoms. The summed E-state index contributed by atoms with van der Waals surface area (Å²) in [7, 11) is 0. The fourth-order valence-corrected chi connectivity index (χ4v) is 4.22. The average molecular weight is 275 g/mol. The Kier molecular flexibility index (Phi) is 3.85. The third-order valence-corrected chi connectivity index (χ3v) is 5.12. The zero-order valence-electron chi connectivity index (χ0n) is 11.6. The number of aryl methyl sites for hydroxylation is 1. The number of thioether (sulfide) groups is 1. The third-order valence-electron chi connectivity index (χ3n) is 3.93. The van der Waals surface area contributed by atoms with Gasteiger partial charge in [-0.2, -0.15) is 11.8 Å². The maximum atomic E-state index is 6.15. The second-order valence-corrected chi connectivity index (χ2v) is 6.45. The van der Waals surface area contributed by atoms with Crippen molar-refractivity contribution in [1.82, 2.24) is 5.32 Å². The van der Waals surface area contributed by atoms with Gasteiger partial charge in [0.25, 0.3) is 0 Å². The summed E-state index contributed by atoms with van der Waals surface area (Å²) in [6, 6.07) is 8.95. The van der Waals surface area contributed by atoms with Crippen molar-refractivity contribution in [1.29, 1.82) is 0 Å². The lowest BCUT2D eigenvalue weighted by molar-refractivity contribution is 0.343. The van der Waals surface area contributed by atoms with E-state index >= 15 is 0 Å². The number of nitrogens with one attached hydrogen (secondary N) is 1. The molecular weight excluding hydrogens is 254 g/mol. The fraction of sp³-hybridized carbons (Fsp3) is 0.500. The molecule has 2 atom stereocenters. The normalized spacial score (nSPS) is 21.1. The van der Waals surface area contributed by atoms with E-state index in [0.29, 0.717) is 12.0 Å². The Morgan fingerprint density at radius 1 is 1.47 bits per heavy atom. The Morgan fingerprint density at radius 3 is 3.05 bits per heavy atom. The van der Waals surface area contributed by atoms with Gasteiger partial charge in [-0.15, -0.1) is 0 Å². The van der Waals surface area contributed by atoms with Crippen LogP contribution in [0.2, 0.25) is 0 Å². The molecule has 0 spiro atoms. The lowest BCUT2D eigenvalue weighted by atomic mass is 9.97. The number of fused-ring (bicyclic) bond motifs is 1. The predicted octanol–water partition coefficient (Wildman–Crippen LogP) is 4.14. The van der Waals surface area contributed by atoms with Crippen LogP contribution in [-0.4, -0.2) is 18.1 Å². The van der Waals surface area contributed by atoms with Crippen LogP contribution in [0, 0.1) is 12.8 Å². The van der Waals surface area contributed by atoms with E-state index in [1.54, 1.807) is 0 Å². The zero-order chi connectivity index (χ0) is 13.2. The van der Waals surface area contributed by atoms with Crippen molar-refractivity contribution in [3.8, 4) is 0 Å². The Bertz CT molecular complexity index is 557. The maximum Gasteiger partial charge on any atom is 0.137 e. The molecule has 1 fully saturated rings. The van der Waals surface area contributed by atoms with Gasteiger partial charge in [0.1, 0.15) is 11.3 Å². The van der Waals surface area contributed by atoms with E-state index in [2.05, 4.69) is 55.2 Å². The summed E-state index contributed by atoms with van der Waals surface area (Å²) in [6.07, 6.45) is 1.29. The number of hydrogen-bond donors (Lipinski definition) is 1. The van der Waals surface area contributed by atoms with E-state index < -0.39 is 0 Å². The Morgan fingerprint density at radius 2 is 2.37 bits per heavy atom. The van der Waals surface area contributed by atoms with Crippen LogP contribution in [0.1, 0.15) is 30.7 Å². The summed E-state index contributed by atoms with van der Waals surface area (Å²) >= 11 is 2.06. The molecule has 1 saturated heterocycles. The SMILES string of the molecule is CCNC(c1cc2cccc(C)c2o1)C1CCSC1. The molecular formula is C16H21NOS. The summed E-state index contributed by atoms with van der Waals surface area (Å²) in [5, 5.41) is 4.84. The molecule has 0 saturated carbocycles. The Balaban J connectivity index is 1.97. The lowest BCUT2D eigenvalue weighted by Crippen LogP contribution is -2.27. The van der Waals surface area contributed by atoms with Crippen molar-refractivity contribution in [3.05, 3.63) is 35.6 Å². The molecule has 2 heterocycles. The minimum Gasteiger partial charge on any atom is -0.459 e. The summed E-state index contributed by atoms with van der Waals surface area (Å²) in [6.45, 7) is 5.27. The maximum absolute atomic E-state index is 6.15. The molecule has 0 bridgehead atoms. The van der Waals surface area contributed by atoms with Crippen molar-refractivity contribution in [3.63, 3.8) is 0 Å². The number of furan rings is 1. The van der Waals surface area contributed by atoms with Gasteiger partial charge in [0.15, 0.2) is 0 Å². The van der Waals surface area contributed by atoms with Crippen LogP contribution in [-0.2, 0) is 0 Å². The van der Waals surface area contributed by atoms with E-state index in [0.717, 1.165) is 17.9 Å². The molecule has 2 aromatic rings. The summed E-state index contributed by atoms with van der Waals surface area (Å²) in [4.78, 5) is 0. The molecule has 2 nitrogen and oxygen atoms in total. The molecule has 0 radical (unpaired) electrons. The van der Waals surface area contributed by atoms with Gasteiger partial charge in [-0.1, -0.05) is 25.1 Å². The van der Waals surface area contributed by atoms with Crippen LogP contribution in [0.5, 0.6) is 0 Å². The minimum atomic E-state index is 0.367. The first-order valence-electron chi connectivity index (χ1n) is 7.09. The number of benzene rings is 1. The van der Waals surface area contributed by atoms with Gasteiger partial charge >= 0.3 is 0 Å². The van der Waals surface area contributed by atoms with E-state index in [1.165, 1.54) is 28.9 Å². The first-order valence-corrected chi connectivity index (χ1v) is 8.25. The summed E-state index contributed by atoms with van der Waals surface area (Å²) in [5.74, 6) is 4.34. The molecule has 2 unspecified atom stereocenters. The van der Waals surface area contributed by atoms with Crippen LogP contribution in [0.4, 0.5) is 0 Å². The van der Waals surface area contributed by atoms with Gasteiger partial charge in [-0.3, -0.25) is 0 Å². The standard InChI is InChI=1S/C16H21NOS/c1-3-17-15(13-7-8-19-10-13)14-9-12-6-4-5-11(2)16(12)18-14/h4-6,9,13,15,17H,3,7-8,10H2,1-2H3. The van der Waals surface area contributed by atoms with E-state index in [9.17, 15) is 0 Å². The van der Waals surface area contributed by atoms with E-state index in [-0.39, 0.29) is 0 Å². The third kappa shape index (κ3) is 2.54. The smallest absolute Gasteiger partial charge is 0.137 e. The van der Waals surface area contributed by atoms with Gasteiger partial charge in [-0.25, -0.2) is 0 Å². The van der Waals surface area contributed by atoms with Crippen molar-refractivity contribution in [2.24, 2.45) is 5.92 Å². The highest BCUT2D eigenvalue weighted by Gasteiger charge is 2.28. The highest BCUT2D eigenvalue weighted by molar-refractivity contribution is 7.99. The molecule has 102 valence electrons. The molecule has 1 aromatic carbocycles. The first kappa shape index (κ1) is 13.1. The molecule has 3 heteroatoms. The summed E-state index contributed by atoms with van der Waals surface area (Å²) < 4.78 is 6.15. The second-order valence-electron chi connectivity index (χ2n) is 5.30. The van der Waals surface area contributed by atoms with Crippen LogP contribution in [0.25, 0.3) is 11.0 Å². The molecule has 1 aromatic heterocycles. The van der Waals surface area contributed by atoms with Gasteiger partial charge in [0.2, 0.25) is 0 Å². The Labute approximate surface area is 118 Å². The van der Waals surface area contributed by atoms with Crippen LogP contribution in [0.15, 0.2) is 28.7 Å². The van der Waals surface area contributed by atoms with E-state index in [1.807, 2.05) is 0 Å². The van der Waals surface area contributed by atoms with Crippen molar-refractivity contribution in [2.75, 3.05) is 18.1 Å². The number of para-hydroxylation sites is 1. The fourth-order valence-electron chi connectivity index (χ4n) is 2.92. The second kappa shape index (κ2) is 5.59. The van der Waals surface area contributed by atoms with Crippen LogP contribution in [0.3, 0.4) is 0 Å². The van der Waals surface area contributed by atoms with Crippen LogP contribution < -0.4 is 5.32 Å². The minimum absolute atomic E-state index is 0.367. The van der Waals surface area contributed by atoms with Gasteiger partial charge < -0.3 is 9.73 Å². The van der Waals surface area contributed by atoms with Crippen molar-refractivity contribution < 1.29 is 4.42 Å². The molecule has 1 aliphatic rings. The van der Waals surface area contributed by atoms with E-state index in [4.69, 9.17) is 4.42 Å². The molecule has 3 rings (SSSR count). The zero-order valence-corrected chi connectivity index (χ0v) is 12.4. The quantitative estimate of drug-likeness (QED) is 0.907. The average Bonchev–Trinajstić information content (AvgIpc) is 3.05. The molecule has 0 amide bonds. The summed E-state index contributed by atoms with van der Waals surface area (Å²) in [5.41, 5.74) is 2.27.